The van der Waals surface area contributed by atoms with Crippen LogP contribution in [0.25, 0.3) is 0 Å². The van der Waals surface area contributed by atoms with E-state index in [1.165, 1.54) is 0 Å². The van der Waals surface area contributed by atoms with Gasteiger partial charge in [0.05, 0.1) is 12.2 Å². The molecule has 16 heavy (non-hydrogen) atoms. The summed E-state index contributed by atoms with van der Waals surface area (Å²) in [7, 11) is 1.78. The van der Waals surface area contributed by atoms with Gasteiger partial charge in [-0.05, 0) is 6.42 Å². The molecule has 0 unspecified atom stereocenters. The van der Waals surface area contributed by atoms with Gasteiger partial charge >= 0.3 is 0 Å². The van der Waals surface area contributed by atoms with Crippen LogP contribution in [0.5, 0.6) is 0 Å². The number of nitrogens with one attached hydrogen (secondary N) is 2. The Bertz CT molecular complexity index is 455. The molecule has 3 rings (SSSR count). The van der Waals surface area contributed by atoms with Gasteiger partial charge in [-0.1, -0.05) is 0 Å². The second kappa shape index (κ2) is 3.33. The van der Waals surface area contributed by atoms with Gasteiger partial charge in [-0.3, -0.25) is 4.79 Å². The molecule has 0 radical (unpaired) electrons. The maximum Gasteiger partial charge on any atom is 0.257 e. The topological polar surface area (TPSA) is 70.2 Å². The van der Waals surface area contributed by atoms with E-state index in [0.717, 1.165) is 31.0 Å². The highest BCUT2D eigenvalue weighted by molar-refractivity contribution is 6.02. The fourth-order valence-corrected chi connectivity index (χ4v) is 1.98. The number of nitrogens with zero attached hydrogens (tertiary/aromatic N) is 3. The lowest BCUT2D eigenvalue weighted by atomic mass is 10.1. The molecule has 1 fully saturated rings. The molecule has 84 valence electrons. The molecule has 6 nitrogen and oxygen atoms in total. The molecule has 2 aliphatic rings. The maximum atomic E-state index is 11.7. The third-order valence-electron chi connectivity index (χ3n) is 2.99. The standard InChI is InChI=1S/C10H13N5O/c1-11-10-13-6-5-12-9(16)7(6)8(14-10)15-3-2-4-15/h2-5H2,1H3,(H,12,16)(H,11,13,14). The average Bonchev–Trinajstić information content (AvgIpc) is 2.58. The van der Waals surface area contributed by atoms with Crippen molar-refractivity contribution in [3.8, 4) is 0 Å². The predicted molar refractivity (Wildman–Crippen MR) is 59.6 cm³/mol. The number of amides is 1. The zero-order valence-corrected chi connectivity index (χ0v) is 9.08. The van der Waals surface area contributed by atoms with E-state index in [2.05, 4.69) is 25.5 Å². The minimum atomic E-state index is -0.0560. The molecule has 6 heteroatoms. The maximum absolute atomic E-state index is 11.7. The number of hydrogen-bond acceptors (Lipinski definition) is 5. The molecular formula is C10H13N5O. The Morgan fingerprint density at radius 3 is 2.81 bits per heavy atom. The zero-order valence-electron chi connectivity index (χ0n) is 9.08. The van der Waals surface area contributed by atoms with Crippen LogP contribution < -0.4 is 15.5 Å². The molecule has 0 bridgehead atoms. The van der Waals surface area contributed by atoms with Gasteiger partial charge in [0.1, 0.15) is 11.4 Å². The quantitative estimate of drug-likeness (QED) is 0.731. The lowest BCUT2D eigenvalue weighted by Gasteiger charge is -2.33. The van der Waals surface area contributed by atoms with E-state index in [-0.39, 0.29) is 5.91 Å². The summed E-state index contributed by atoms with van der Waals surface area (Å²) >= 11 is 0. The third-order valence-corrected chi connectivity index (χ3v) is 2.99. The summed E-state index contributed by atoms with van der Waals surface area (Å²) in [6.07, 6.45) is 1.16. The molecule has 0 aliphatic carbocycles. The summed E-state index contributed by atoms with van der Waals surface area (Å²) in [6, 6.07) is 0. The molecule has 3 heterocycles. The number of anilines is 2. The van der Waals surface area contributed by atoms with Crippen molar-refractivity contribution in [3.05, 3.63) is 11.3 Å². The minimum Gasteiger partial charge on any atom is -0.357 e. The van der Waals surface area contributed by atoms with E-state index in [4.69, 9.17) is 0 Å². The highest BCUT2D eigenvalue weighted by atomic mass is 16.2. The predicted octanol–water partition coefficient (Wildman–Crippen LogP) is -0.0282. The second-order valence-electron chi connectivity index (χ2n) is 3.97. The molecule has 0 aromatic carbocycles. The first-order chi connectivity index (χ1) is 7.79. The number of carbonyl (C=O) groups is 1. The normalized spacial score (nSPS) is 17.8. The lowest BCUT2D eigenvalue weighted by molar-refractivity contribution is 0.0966. The molecule has 1 aromatic rings. The highest BCUT2D eigenvalue weighted by Gasteiger charge is 2.30. The van der Waals surface area contributed by atoms with Crippen molar-refractivity contribution in [2.75, 3.05) is 30.4 Å². The third kappa shape index (κ3) is 1.22. The fraction of sp³-hybridized carbons (Fsp3) is 0.500. The fourth-order valence-electron chi connectivity index (χ4n) is 1.98. The largest absolute Gasteiger partial charge is 0.357 e. The second-order valence-corrected chi connectivity index (χ2v) is 3.97. The monoisotopic (exact) mass is 219 g/mol. The van der Waals surface area contributed by atoms with E-state index in [0.29, 0.717) is 18.1 Å². The smallest absolute Gasteiger partial charge is 0.257 e. The Morgan fingerprint density at radius 1 is 1.38 bits per heavy atom. The molecule has 2 aliphatic heterocycles. The van der Waals surface area contributed by atoms with E-state index in [1.54, 1.807) is 7.05 Å². The van der Waals surface area contributed by atoms with Crippen LogP contribution in [0.15, 0.2) is 0 Å². The molecule has 0 saturated carbocycles. The van der Waals surface area contributed by atoms with Crippen LogP contribution >= 0.6 is 0 Å². The van der Waals surface area contributed by atoms with Crippen LogP contribution in [-0.2, 0) is 6.54 Å². The Labute approximate surface area is 93.1 Å². The molecule has 1 aromatic heterocycles. The molecular weight excluding hydrogens is 206 g/mol. The highest BCUT2D eigenvalue weighted by Crippen LogP contribution is 2.28. The van der Waals surface area contributed by atoms with Crippen LogP contribution in [0, 0.1) is 0 Å². The molecule has 1 saturated heterocycles. The van der Waals surface area contributed by atoms with Gasteiger partial charge in [-0.25, -0.2) is 4.98 Å². The van der Waals surface area contributed by atoms with Gasteiger partial charge in [0, 0.05) is 20.1 Å². The van der Waals surface area contributed by atoms with Crippen molar-refractivity contribution in [2.45, 2.75) is 13.0 Å². The van der Waals surface area contributed by atoms with E-state index in [1.807, 2.05) is 0 Å². The van der Waals surface area contributed by atoms with Crippen molar-refractivity contribution < 1.29 is 4.79 Å². The summed E-state index contributed by atoms with van der Waals surface area (Å²) in [6.45, 7) is 2.45. The van der Waals surface area contributed by atoms with Gasteiger partial charge in [0.2, 0.25) is 5.95 Å². The summed E-state index contributed by atoms with van der Waals surface area (Å²) in [5.74, 6) is 1.30. The Morgan fingerprint density at radius 2 is 2.19 bits per heavy atom. The minimum absolute atomic E-state index is 0.0560. The summed E-state index contributed by atoms with van der Waals surface area (Å²) < 4.78 is 0. The van der Waals surface area contributed by atoms with Crippen molar-refractivity contribution in [1.29, 1.82) is 0 Å². The summed E-state index contributed by atoms with van der Waals surface area (Å²) in [5, 5.41) is 5.71. The van der Waals surface area contributed by atoms with E-state index < -0.39 is 0 Å². The van der Waals surface area contributed by atoms with Crippen molar-refractivity contribution >= 4 is 17.7 Å². The number of aromatic nitrogens is 2. The van der Waals surface area contributed by atoms with Gasteiger partial charge in [-0.2, -0.15) is 4.98 Å². The Hall–Kier alpha value is -1.85. The van der Waals surface area contributed by atoms with Gasteiger partial charge < -0.3 is 15.5 Å². The van der Waals surface area contributed by atoms with Crippen molar-refractivity contribution in [3.63, 3.8) is 0 Å². The van der Waals surface area contributed by atoms with Crippen molar-refractivity contribution in [2.24, 2.45) is 0 Å². The van der Waals surface area contributed by atoms with Gasteiger partial charge in [0.15, 0.2) is 0 Å². The Kier molecular flexibility index (Phi) is 1.95. The number of rotatable bonds is 2. The van der Waals surface area contributed by atoms with Crippen LogP contribution in [0.3, 0.4) is 0 Å². The number of fused-ring (bicyclic) bond motifs is 1. The Balaban J connectivity index is 2.12. The van der Waals surface area contributed by atoms with Crippen LogP contribution in [-0.4, -0.2) is 36.0 Å². The average molecular weight is 219 g/mol. The zero-order chi connectivity index (χ0) is 11.1. The molecule has 1 amide bonds. The first-order valence-electron chi connectivity index (χ1n) is 5.41. The first-order valence-corrected chi connectivity index (χ1v) is 5.41. The number of hydrogen-bond donors (Lipinski definition) is 2. The summed E-state index contributed by atoms with van der Waals surface area (Å²) in [5.41, 5.74) is 1.45. The van der Waals surface area contributed by atoms with E-state index >= 15 is 0 Å². The molecule has 2 N–H and O–H groups in total. The van der Waals surface area contributed by atoms with E-state index in [9.17, 15) is 4.79 Å². The number of carbonyl (C=O) groups excluding carboxylic acids is 1. The van der Waals surface area contributed by atoms with Gasteiger partial charge in [0.25, 0.3) is 5.91 Å². The van der Waals surface area contributed by atoms with Crippen molar-refractivity contribution in [1.82, 2.24) is 15.3 Å². The lowest BCUT2D eigenvalue weighted by Crippen LogP contribution is -2.39. The molecule has 0 spiro atoms. The summed E-state index contributed by atoms with van der Waals surface area (Å²) in [4.78, 5) is 22.5. The van der Waals surface area contributed by atoms with Gasteiger partial charge in [-0.15, -0.1) is 0 Å². The SMILES string of the molecule is CNc1nc2c(c(N3CCC3)n1)C(=O)NC2. The van der Waals surface area contributed by atoms with Crippen LogP contribution in [0.4, 0.5) is 11.8 Å². The first kappa shape index (κ1) is 9.38. The van der Waals surface area contributed by atoms with Crippen LogP contribution in [0.1, 0.15) is 22.5 Å². The van der Waals surface area contributed by atoms with Crippen LogP contribution in [0.2, 0.25) is 0 Å². The molecule has 0 atom stereocenters.